The van der Waals surface area contributed by atoms with E-state index in [-0.39, 0.29) is 0 Å². The molecular formula is C15H25N3O. The molecule has 4 nitrogen and oxygen atoms in total. The highest BCUT2D eigenvalue weighted by Crippen LogP contribution is 2.23. The molecule has 1 aliphatic rings. The van der Waals surface area contributed by atoms with Gasteiger partial charge >= 0.3 is 0 Å². The van der Waals surface area contributed by atoms with Crippen LogP contribution in [0.3, 0.4) is 0 Å². The molecule has 1 heterocycles. The second-order valence-corrected chi connectivity index (χ2v) is 5.23. The van der Waals surface area contributed by atoms with Crippen LogP contribution in [-0.2, 0) is 11.3 Å². The fourth-order valence-electron chi connectivity index (χ4n) is 2.07. The average molecular weight is 263 g/mol. The number of pyridine rings is 1. The fourth-order valence-corrected chi connectivity index (χ4v) is 2.07. The SMILES string of the molecule is CCOCCN(C)c1cc(C)ncc1CNC1CC1. The maximum Gasteiger partial charge on any atom is 0.0641 e. The standard InChI is InChI=1S/C15H25N3O/c1-4-19-8-7-18(3)15-9-12(2)16-10-13(15)11-17-14-5-6-14/h9-10,14,17H,4-8,11H2,1-3H3. The van der Waals surface area contributed by atoms with E-state index in [4.69, 9.17) is 4.74 Å². The number of rotatable bonds is 8. The number of anilines is 1. The molecule has 1 aromatic heterocycles. The monoisotopic (exact) mass is 263 g/mol. The minimum Gasteiger partial charge on any atom is -0.380 e. The van der Waals surface area contributed by atoms with Crippen molar-refractivity contribution in [1.82, 2.24) is 10.3 Å². The molecule has 0 bridgehead atoms. The van der Waals surface area contributed by atoms with Gasteiger partial charge in [-0.2, -0.15) is 0 Å². The minimum absolute atomic E-state index is 0.725. The lowest BCUT2D eigenvalue weighted by Gasteiger charge is -2.23. The van der Waals surface area contributed by atoms with Crippen molar-refractivity contribution in [2.24, 2.45) is 0 Å². The van der Waals surface area contributed by atoms with Crippen molar-refractivity contribution in [3.8, 4) is 0 Å². The van der Waals surface area contributed by atoms with Gasteiger partial charge in [0.1, 0.15) is 0 Å². The van der Waals surface area contributed by atoms with E-state index in [1.807, 2.05) is 20.0 Å². The van der Waals surface area contributed by atoms with Crippen molar-refractivity contribution in [2.45, 2.75) is 39.3 Å². The Labute approximate surface area is 116 Å². The summed E-state index contributed by atoms with van der Waals surface area (Å²) < 4.78 is 5.43. The highest BCUT2D eigenvalue weighted by atomic mass is 16.5. The summed E-state index contributed by atoms with van der Waals surface area (Å²) in [5, 5.41) is 3.56. The van der Waals surface area contributed by atoms with E-state index in [0.29, 0.717) is 0 Å². The van der Waals surface area contributed by atoms with Crippen LogP contribution >= 0.6 is 0 Å². The number of nitrogens with zero attached hydrogens (tertiary/aromatic N) is 2. The topological polar surface area (TPSA) is 37.4 Å². The summed E-state index contributed by atoms with van der Waals surface area (Å²) in [4.78, 5) is 6.68. The van der Waals surface area contributed by atoms with E-state index in [2.05, 4.69) is 28.3 Å². The summed E-state index contributed by atoms with van der Waals surface area (Å²) in [5.74, 6) is 0. The van der Waals surface area contributed by atoms with Crippen LogP contribution in [0.4, 0.5) is 5.69 Å². The summed E-state index contributed by atoms with van der Waals surface area (Å²) in [6.45, 7) is 7.43. The van der Waals surface area contributed by atoms with E-state index in [9.17, 15) is 0 Å². The third-order valence-corrected chi connectivity index (χ3v) is 3.44. The van der Waals surface area contributed by atoms with E-state index >= 15 is 0 Å². The van der Waals surface area contributed by atoms with Crippen molar-refractivity contribution in [1.29, 1.82) is 0 Å². The number of hydrogen-bond donors (Lipinski definition) is 1. The van der Waals surface area contributed by atoms with Gasteiger partial charge in [0.25, 0.3) is 0 Å². The first-order valence-electron chi connectivity index (χ1n) is 7.18. The third kappa shape index (κ3) is 4.48. The van der Waals surface area contributed by atoms with Crippen molar-refractivity contribution >= 4 is 5.69 Å². The second-order valence-electron chi connectivity index (χ2n) is 5.23. The maximum absolute atomic E-state index is 5.43. The van der Waals surface area contributed by atoms with E-state index in [1.54, 1.807) is 0 Å². The number of nitrogens with one attached hydrogen (secondary N) is 1. The maximum atomic E-state index is 5.43. The van der Waals surface area contributed by atoms with Gasteiger partial charge < -0.3 is 15.0 Å². The van der Waals surface area contributed by atoms with Crippen molar-refractivity contribution < 1.29 is 4.74 Å². The molecule has 0 amide bonds. The third-order valence-electron chi connectivity index (χ3n) is 3.44. The Kier molecular flexibility index (Phi) is 5.16. The highest BCUT2D eigenvalue weighted by molar-refractivity contribution is 5.53. The number of aromatic nitrogens is 1. The molecule has 0 spiro atoms. The van der Waals surface area contributed by atoms with Crippen LogP contribution in [0.15, 0.2) is 12.3 Å². The van der Waals surface area contributed by atoms with Crippen molar-refractivity contribution in [2.75, 3.05) is 31.7 Å². The second kappa shape index (κ2) is 6.87. The molecule has 19 heavy (non-hydrogen) atoms. The van der Waals surface area contributed by atoms with Crippen molar-refractivity contribution in [3.63, 3.8) is 0 Å². The molecule has 0 atom stereocenters. The van der Waals surface area contributed by atoms with Gasteiger partial charge in [-0.1, -0.05) is 0 Å². The highest BCUT2D eigenvalue weighted by Gasteiger charge is 2.20. The summed E-state index contributed by atoms with van der Waals surface area (Å²) in [6.07, 6.45) is 4.63. The lowest BCUT2D eigenvalue weighted by Crippen LogP contribution is -2.25. The van der Waals surface area contributed by atoms with E-state index in [0.717, 1.165) is 38.0 Å². The van der Waals surface area contributed by atoms with Crippen LogP contribution in [0, 0.1) is 6.92 Å². The molecule has 0 radical (unpaired) electrons. The molecule has 4 heteroatoms. The van der Waals surface area contributed by atoms with Crippen LogP contribution < -0.4 is 10.2 Å². The predicted octanol–water partition coefficient (Wildman–Crippen LogP) is 2.11. The Morgan fingerprint density at radius 3 is 2.95 bits per heavy atom. The van der Waals surface area contributed by atoms with Gasteiger partial charge in [0.05, 0.1) is 6.61 Å². The summed E-state index contributed by atoms with van der Waals surface area (Å²) in [6, 6.07) is 2.89. The minimum atomic E-state index is 0.725. The molecular weight excluding hydrogens is 238 g/mol. The lowest BCUT2D eigenvalue weighted by molar-refractivity contribution is 0.154. The van der Waals surface area contributed by atoms with Crippen LogP contribution in [0.1, 0.15) is 31.0 Å². The first-order chi connectivity index (χ1) is 9.20. The Balaban J connectivity index is 1.99. The zero-order valence-electron chi connectivity index (χ0n) is 12.3. The van der Waals surface area contributed by atoms with Gasteiger partial charge in [0.2, 0.25) is 0 Å². The Morgan fingerprint density at radius 1 is 1.47 bits per heavy atom. The van der Waals surface area contributed by atoms with Crippen molar-refractivity contribution in [3.05, 3.63) is 23.5 Å². The normalized spacial score (nSPS) is 14.7. The predicted molar refractivity (Wildman–Crippen MR) is 78.6 cm³/mol. The van der Waals surface area contributed by atoms with Gasteiger partial charge in [-0.25, -0.2) is 0 Å². The molecule has 0 unspecified atom stereocenters. The van der Waals surface area contributed by atoms with Crippen LogP contribution in [0.5, 0.6) is 0 Å². The Morgan fingerprint density at radius 2 is 2.26 bits per heavy atom. The first kappa shape index (κ1) is 14.3. The summed E-state index contributed by atoms with van der Waals surface area (Å²) >= 11 is 0. The molecule has 1 saturated carbocycles. The largest absolute Gasteiger partial charge is 0.380 e. The summed E-state index contributed by atoms with van der Waals surface area (Å²) in [7, 11) is 2.12. The van der Waals surface area contributed by atoms with Crippen LogP contribution in [0.25, 0.3) is 0 Å². The van der Waals surface area contributed by atoms with E-state index in [1.165, 1.54) is 24.1 Å². The number of ether oxygens (including phenoxy) is 1. The number of aryl methyl sites for hydroxylation is 1. The molecule has 1 aliphatic carbocycles. The molecule has 1 fully saturated rings. The molecule has 1 aromatic rings. The Hall–Kier alpha value is -1.13. The molecule has 0 saturated heterocycles. The lowest BCUT2D eigenvalue weighted by atomic mass is 10.2. The molecule has 0 aliphatic heterocycles. The molecule has 2 rings (SSSR count). The summed E-state index contributed by atoms with van der Waals surface area (Å²) in [5.41, 5.74) is 3.60. The smallest absolute Gasteiger partial charge is 0.0641 e. The zero-order chi connectivity index (χ0) is 13.7. The van der Waals surface area contributed by atoms with Gasteiger partial charge in [0.15, 0.2) is 0 Å². The van der Waals surface area contributed by atoms with E-state index < -0.39 is 0 Å². The molecule has 106 valence electrons. The first-order valence-corrected chi connectivity index (χ1v) is 7.18. The van der Waals surface area contributed by atoms with Gasteiger partial charge in [-0.15, -0.1) is 0 Å². The number of hydrogen-bond acceptors (Lipinski definition) is 4. The average Bonchev–Trinajstić information content (AvgIpc) is 3.21. The zero-order valence-corrected chi connectivity index (χ0v) is 12.3. The Bertz CT molecular complexity index is 404. The number of likely N-dealkylation sites (N-methyl/N-ethyl adjacent to an activating group) is 1. The van der Waals surface area contributed by atoms with Crippen LogP contribution in [0.2, 0.25) is 0 Å². The van der Waals surface area contributed by atoms with Crippen LogP contribution in [-0.4, -0.2) is 37.8 Å². The van der Waals surface area contributed by atoms with Gasteiger partial charge in [0, 0.05) is 55.9 Å². The van der Waals surface area contributed by atoms with Gasteiger partial charge in [-0.05, 0) is 32.8 Å². The molecule has 1 N–H and O–H groups in total. The molecule has 0 aromatic carbocycles. The fraction of sp³-hybridized carbons (Fsp3) is 0.667. The van der Waals surface area contributed by atoms with Gasteiger partial charge in [-0.3, -0.25) is 4.98 Å². The quantitative estimate of drug-likeness (QED) is 0.729.